The Kier molecular flexibility index (Phi) is 5.94. The molecule has 0 bridgehead atoms. The maximum atomic E-state index is 12.9. The minimum Gasteiger partial charge on any atom is -0.354 e. The molecule has 0 saturated carbocycles. The fourth-order valence-electron chi connectivity index (χ4n) is 3.13. The van der Waals surface area contributed by atoms with Gasteiger partial charge >= 0.3 is 0 Å². The molecular weight excluding hydrogens is 362 g/mol. The number of nitrogens with one attached hydrogen (secondary N) is 1. The molecule has 0 aliphatic heterocycles. The van der Waals surface area contributed by atoms with E-state index in [1.165, 1.54) is 11.3 Å². The highest BCUT2D eigenvalue weighted by Gasteiger charge is 2.17. The molecule has 0 saturated heterocycles. The lowest BCUT2D eigenvalue weighted by Crippen LogP contribution is -2.29. The van der Waals surface area contributed by atoms with E-state index in [2.05, 4.69) is 29.4 Å². The second kappa shape index (κ2) is 8.21. The number of hydrogen-bond acceptors (Lipinski definition) is 5. The molecule has 0 atom stereocenters. The third-order valence-electron chi connectivity index (χ3n) is 4.46. The zero-order valence-corrected chi connectivity index (χ0v) is 17.2. The van der Waals surface area contributed by atoms with Crippen molar-refractivity contribution in [3.05, 3.63) is 27.6 Å². The van der Waals surface area contributed by atoms with Crippen molar-refractivity contribution in [1.29, 1.82) is 0 Å². The van der Waals surface area contributed by atoms with Crippen LogP contribution in [0.15, 0.2) is 16.2 Å². The number of carbonyl (C=O) groups excluding carboxylic acids is 1. The molecule has 0 aliphatic carbocycles. The summed E-state index contributed by atoms with van der Waals surface area (Å²) in [6.07, 6.45) is 2.69. The predicted octanol–water partition coefficient (Wildman–Crippen LogP) is 3.00. The van der Waals surface area contributed by atoms with Gasteiger partial charge in [-0.1, -0.05) is 13.8 Å². The molecule has 1 N–H and O–H groups in total. The summed E-state index contributed by atoms with van der Waals surface area (Å²) in [7, 11) is 0. The van der Waals surface area contributed by atoms with E-state index in [1.54, 1.807) is 4.57 Å². The van der Waals surface area contributed by atoms with Gasteiger partial charge in [-0.2, -0.15) is 0 Å². The summed E-state index contributed by atoms with van der Waals surface area (Å²) < 4.78 is 4.44. The van der Waals surface area contributed by atoms with Crippen molar-refractivity contribution in [2.75, 3.05) is 0 Å². The van der Waals surface area contributed by atoms with Crippen molar-refractivity contribution in [3.63, 3.8) is 0 Å². The van der Waals surface area contributed by atoms with Crippen LogP contribution in [0.25, 0.3) is 16.0 Å². The minimum atomic E-state index is 0.00316. The first-order chi connectivity index (χ1) is 12.9. The van der Waals surface area contributed by atoms with Crippen molar-refractivity contribution in [1.82, 2.24) is 24.5 Å². The van der Waals surface area contributed by atoms with Crippen LogP contribution in [0, 0.1) is 5.92 Å². The minimum absolute atomic E-state index is 0.00316. The van der Waals surface area contributed by atoms with Gasteiger partial charge < -0.3 is 5.32 Å². The van der Waals surface area contributed by atoms with Crippen molar-refractivity contribution < 1.29 is 4.79 Å². The number of nitrogens with zero attached hydrogens (tertiary/aromatic N) is 4. The summed E-state index contributed by atoms with van der Waals surface area (Å²) in [5.41, 5.74) is 0.857. The van der Waals surface area contributed by atoms with Gasteiger partial charge in [-0.3, -0.25) is 18.6 Å². The van der Waals surface area contributed by atoms with Crippen LogP contribution < -0.4 is 10.9 Å². The monoisotopic (exact) mass is 389 g/mol. The molecular formula is C19H27N5O2S. The molecule has 1 amide bonds. The SMILES string of the molecule is CC(C)CCn1c(=O)c2sccc2n2c(CCCC(=O)NC(C)C)nnc12. The summed E-state index contributed by atoms with van der Waals surface area (Å²) in [5.74, 6) is 1.93. The van der Waals surface area contributed by atoms with Crippen LogP contribution >= 0.6 is 11.3 Å². The summed E-state index contributed by atoms with van der Waals surface area (Å²) in [5, 5.41) is 13.5. The van der Waals surface area contributed by atoms with Crippen molar-refractivity contribution in [2.24, 2.45) is 5.92 Å². The molecule has 3 heterocycles. The Morgan fingerprint density at radius 1 is 1.26 bits per heavy atom. The zero-order valence-electron chi connectivity index (χ0n) is 16.4. The number of amides is 1. The van der Waals surface area contributed by atoms with E-state index in [-0.39, 0.29) is 17.5 Å². The summed E-state index contributed by atoms with van der Waals surface area (Å²) in [6, 6.07) is 2.09. The molecule has 146 valence electrons. The van der Waals surface area contributed by atoms with E-state index < -0.39 is 0 Å². The van der Waals surface area contributed by atoms with E-state index >= 15 is 0 Å². The second-order valence-corrected chi connectivity index (χ2v) is 8.52. The van der Waals surface area contributed by atoms with Gasteiger partial charge in [0.15, 0.2) is 0 Å². The smallest absolute Gasteiger partial charge is 0.272 e. The molecule has 0 aromatic carbocycles. The predicted molar refractivity (Wildman–Crippen MR) is 108 cm³/mol. The number of fused-ring (bicyclic) bond motifs is 3. The Bertz CT molecular complexity index is 999. The van der Waals surface area contributed by atoms with Crippen LogP contribution in [0.1, 0.15) is 52.8 Å². The van der Waals surface area contributed by atoms with Crippen LogP contribution in [-0.2, 0) is 17.8 Å². The lowest BCUT2D eigenvalue weighted by Gasteiger charge is -2.11. The van der Waals surface area contributed by atoms with Gasteiger partial charge in [0.1, 0.15) is 10.5 Å². The third-order valence-corrected chi connectivity index (χ3v) is 5.35. The van der Waals surface area contributed by atoms with Crippen LogP contribution in [0.5, 0.6) is 0 Å². The third kappa shape index (κ3) is 4.21. The van der Waals surface area contributed by atoms with Gasteiger partial charge in [-0.05, 0) is 44.1 Å². The van der Waals surface area contributed by atoms with Crippen LogP contribution in [0.2, 0.25) is 0 Å². The lowest BCUT2D eigenvalue weighted by molar-refractivity contribution is -0.121. The molecule has 7 nitrogen and oxygen atoms in total. The number of hydrogen-bond donors (Lipinski definition) is 1. The van der Waals surface area contributed by atoms with E-state index in [1.807, 2.05) is 29.7 Å². The van der Waals surface area contributed by atoms with Crippen molar-refractivity contribution >= 4 is 33.2 Å². The zero-order chi connectivity index (χ0) is 19.6. The highest BCUT2D eigenvalue weighted by Crippen LogP contribution is 2.21. The first-order valence-corrected chi connectivity index (χ1v) is 10.4. The molecule has 0 radical (unpaired) electrons. The fourth-order valence-corrected chi connectivity index (χ4v) is 3.96. The Hall–Kier alpha value is -2.22. The van der Waals surface area contributed by atoms with Gasteiger partial charge in [0.05, 0.1) is 5.52 Å². The number of thiophene rings is 1. The first kappa shape index (κ1) is 19.5. The Labute approximate surface area is 162 Å². The van der Waals surface area contributed by atoms with E-state index in [4.69, 9.17) is 0 Å². The number of rotatable bonds is 8. The molecule has 8 heteroatoms. The molecule has 3 aromatic rings. The average Bonchev–Trinajstić information content (AvgIpc) is 3.20. The van der Waals surface area contributed by atoms with Crippen LogP contribution in [-0.4, -0.2) is 31.1 Å². The Morgan fingerprint density at radius 3 is 2.74 bits per heavy atom. The van der Waals surface area contributed by atoms with E-state index in [0.29, 0.717) is 37.5 Å². The first-order valence-electron chi connectivity index (χ1n) is 9.51. The molecule has 0 spiro atoms. The summed E-state index contributed by atoms with van der Waals surface area (Å²) >= 11 is 1.45. The quantitative estimate of drug-likeness (QED) is 0.642. The maximum absolute atomic E-state index is 12.9. The molecule has 27 heavy (non-hydrogen) atoms. The molecule has 3 rings (SSSR count). The normalized spacial score (nSPS) is 11.9. The standard InChI is InChI=1S/C19H27N5O2S/c1-12(2)8-10-23-18(26)17-14(9-11-27-17)24-15(21-22-19(23)24)6-5-7-16(25)20-13(3)4/h9,11-13H,5-8,10H2,1-4H3,(H,20,25). The maximum Gasteiger partial charge on any atom is 0.272 e. The molecule has 3 aromatic heterocycles. The van der Waals surface area contributed by atoms with Gasteiger partial charge in [-0.25, -0.2) is 0 Å². The molecule has 0 unspecified atom stereocenters. The number of carbonyl (C=O) groups is 1. The highest BCUT2D eigenvalue weighted by atomic mass is 32.1. The molecule has 0 fully saturated rings. The highest BCUT2D eigenvalue weighted by molar-refractivity contribution is 7.17. The van der Waals surface area contributed by atoms with Gasteiger partial charge in [-0.15, -0.1) is 21.5 Å². The van der Waals surface area contributed by atoms with Crippen LogP contribution in [0.4, 0.5) is 0 Å². The van der Waals surface area contributed by atoms with E-state index in [0.717, 1.165) is 22.5 Å². The van der Waals surface area contributed by atoms with Crippen molar-refractivity contribution in [2.45, 2.75) is 66.0 Å². The second-order valence-electron chi connectivity index (χ2n) is 7.60. The van der Waals surface area contributed by atoms with Gasteiger partial charge in [0.2, 0.25) is 11.7 Å². The topological polar surface area (TPSA) is 81.3 Å². The molecule has 0 aliphatic rings. The number of aryl methyl sites for hydroxylation is 2. The lowest BCUT2D eigenvalue weighted by atomic mass is 10.1. The van der Waals surface area contributed by atoms with Gasteiger partial charge in [0.25, 0.3) is 5.56 Å². The van der Waals surface area contributed by atoms with E-state index in [9.17, 15) is 9.59 Å². The van der Waals surface area contributed by atoms with Crippen molar-refractivity contribution in [3.8, 4) is 0 Å². The Balaban J connectivity index is 1.91. The Morgan fingerprint density at radius 2 is 2.04 bits per heavy atom. The van der Waals surface area contributed by atoms with Crippen LogP contribution in [0.3, 0.4) is 0 Å². The average molecular weight is 390 g/mol. The number of aromatic nitrogens is 4. The fraction of sp³-hybridized carbons (Fsp3) is 0.579. The largest absolute Gasteiger partial charge is 0.354 e. The summed E-state index contributed by atoms with van der Waals surface area (Å²) in [4.78, 5) is 24.7. The van der Waals surface area contributed by atoms with Gasteiger partial charge in [0, 0.05) is 25.4 Å². The summed E-state index contributed by atoms with van der Waals surface area (Å²) in [6.45, 7) is 8.82.